The smallest absolute Gasteiger partial charge is 0.0558 e. The average Bonchev–Trinajstić information content (AvgIpc) is 2.38. The fourth-order valence-corrected chi connectivity index (χ4v) is 2.88. The Morgan fingerprint density at radius 1 is 1.24 bits per heavy atom. The molecule has 1 aliphatic rings. The van der Waals surface area contributed by atoms with Crippen LogP contribution in [0.1, 0.15) is 30.9 Å². The maximum Gasteiger partial charge on any atom is 0.0558 e. The van der Waals surface area contributed by atoms with Gasteiger partial charge in [0.25, 0.3) is 0 Å². The number of hydrogen-bond acceptors (Lipinski definition) is 2. The molecule has 1 aromatic carbocycles. The average molecular weight is 233 g/mol. The predicted octanol–water partition coefficient (Wildman–Crippen LogP) is 2.25. The third-order valence-electron chi connectivity index (χ3n) is 3.74. The van der Waals surface area contributed by atoms with Crippen LogP contribution in [0.4, 0.5) is 0 Å². The minimum Gasteiger partial charge on any atom is -0.395 e. The summed E-state index contributed by atoms with van der Waals surface area (Å²) in [7, 11) is 0. The van der Waals surface area contributed by atoms with Crippen LogP contribution in [0, 0.1) is 0 Å². The summed E-state index contributed by atoms with van der Waals surface area (Å²) < 4.78 is 0. The van der Waals surface area contributed by atoms with E-state index in [0.717, 1.165) is 25.9 Å². The summed E-state index contributed by atoms with van der Waals surface area (Å²) in [6.07, 6.45) is 4.73. The lowest BCUT2D eigenvalue weighted by Gasteiger charge is -2.34. The molecule has 0 aliphatic heterocycles. The van der Waals surface area contributed by atoms with E-state index in [-0.39, 0.29) is 6.61 Å². The molecule has 0 bridgehead atoms. The first kappa shape index (κ1) is 12.6. The molecular weight excluding hydrogens is 210 g/mol. The molecule has 1 atom stereocenters. The molecule has 0 saturated carbocycles. The second-order valence-corrected chi connectivity index (χ2v) is 4.92. The van der Waals surface area contributed by atoms with Crippen LogP contribution in [-0.4, -0.2) is 35.7 Å². The largest absolute Gasteiger partial charge is 0.395 e. The minimum absolute atomic E-state index is 0.276. The quantitative estimate of drug-likeness (QED) is 0.843. The first-order chi connectivity index (χ1) is 8.35. The van der Waals surface area contributed by atoms with Crippen molar-refractivity contribution in [1.82, 2.24) is 4.90 Å². The van der Waals surface area contributed by atoms with Crippen molar-refractivity contribution in [3.63, 3.8) is 0 Å². The van der Waals surface area contributed by atoms with Crippen molar-refractivity contribution in [2.75, 3.05) is 19.7 Å². The molecule has 1 aliphatic carbocycles. The molecule has 0 aromatic heterocycles. The van der Waals surface area contributed by atoms with E-state index in [1.807, 2.05) is 0 Å². The van der Waals surface area contributed by atoms with E-state index < -0.39 is 0 Å². The Morgan fingerprint density at radius 3 is 2.71 bits per heavy atom. The van der Waals surface area contributed by atoms with Gasteiger partial charge in [-0.05, 0) is 43.4 Å². The van der Waals surface area contributed by atoms with Gasteiger partial charge in [-0.25, -0.2) is 0 Å². The Kier molecular flexibility index (Phi) is 4.57. The fraction of sp³-hybridized carbons (Fsp3) is 0.600. The zero-order valence-corrected chi connectivity index (χ0v) is 10.7. The Bertz CT molecular complexity index is 345. The van der Waals surface area contributed by atoms with Gasteiger partial charge in [-0.2, -0.15) is 0 Å². The lowest BCUT2D eigenvalue weighted by molar-refractivity contribution is 0.140. The van der Waals surface area contributed by atoms with Crippen molar-refractivity contribution < 1.29 is 5.11 Å². The Labute approximate surface area is 104 Å². The highest BCUT2D eigenvalue weighted by Crippen LogP contribution is 2.24. The van der Waals surface area contributed by atoms with Gasteiger partial charge in [-0.3, -0.25) is 4.90 Å². The van der Waals surface area contributed by atoms with Crippen molar-refractivity contribution in [2.24, 2.45) is 0 Å². The highest BCUT2D eigenvalue weighted by molar-refractivity contribution is 5.30. The van der Waals surface area contributed by atoms with Gasteiger partial charge >= 0.3 is 0 Å². The zero-order chi connectivity index (χ0) is 12.1. The molecule has 1 unspecified atom stereocenters. The lowest BCUT2D eigenvalue weighted by Crippen LogP contribution is -2.41. The van der Waals surface area contributed by atoms with Gasteiger partial charge in [0.05, 0.1) is 6.61 Å². The normalized spacial score (nSPS) is 19.4. The van der Waals surface area contributed by atoms with E-state index >= 15 is 0 Å². The molecule has 0 spiro atoms. The number of aliphatic hydroxyl groups excluding tert-OH is 1. The Balaban J connectivity index is 2.04. The number of hydrogen-bond donors (Lipinski definition) is 1. The molecule has 0 heterocycles. The minimum atomic E-state index is 0.276. The highest BCUT2D eigenvalue weighted by Gasteiger charge is 2.22. The van der Waals surface area contributed by atoms with Gasteiger partial charge < -0.3 is 5.11 Å². The van der Waals surface area contributed by atoms with E-state index in [0.29, 0.717) is 6.04 Å². The van der Waals surface area contributed by atoms with E-state index in [9.17, 15) is 0 Å². The van der Waals surface area contributed by atoms with E-state index in [1.54, 1.807) is 0 Å². The molecule has 94 valence electrons. The molecule has 0 fully saturated rings. The number of fused-ring (bicyclic) bond motifs is 1. The first-order valence-electron chi connectivity index (χ1n) is 6.76. The van der Waals surface area contributed by atoms with Crippen LogP contribution in [-0.2, 0) is 12.8 Å². The van der Waals surface area contributed by atoms with E-state index in [2.05, 4.69) is 36.1 Å². The van der Waals surface area contributed by atoms with Crippen molar-refractivity contribution >= 4 is 0 Å². The van der Waals surface area contributed by atoms with Crippen LogP contribution in [0.25, 0.3) is 0 Å². The number of aryl methyl sites for hydroxylation is 1. The standard InChI is InChI=1S/C15H23NO/c1-2-9-16(10-11-17)15-8-7-13-5-3-4-6-14(13)12-15/h3-6,15,17H,2,7-12H2,1H3. The van der Waals surface area contributed by atoms with Gasteiger partial charge in [0.2, 0.25) is 0 Å². The molecule has 1 N–H and O–H groups in total. The van der Waals surface area contributed by atoms with E-state index in [4.69, 9.17) is 5.11 Å². The van der Waals surface area contributed by atoms with Gasteiger partial charge in [0.1, 0.15) is 0 Å². The highest BCUT2D eigenvalue weighted by atomic mass is 16.3. The molecule has 0 radical (unpaired) electrons. The van der Waals surface area contributed by atoms with Crippen LogP contribution in [0.15, 0.2) is 24.3 Å². The third-order valence-corrected chi connectivity index (χ3v) is 3.74. The van der Waals surface area contributed by atoms with Crippen molar-refractivity contribution in [3.8, 4) is 0 Å². The van der Waals surface area contributed by atoms with Crippen molar-refractivity contribution in [3.05, 3.63) is 35.4 Å². The SMILES string of the molecule is CCCN(CCO)C1CCc2ccccc2C1. The topological polar surface area (TPSA) is 23.5 Å². The van der Waals surface area contributed by atoms with Crippen molar-refractivity contribution in [1.29, 1.82) is 0 Å². The second-order valence-electron chi connectivity index (χ2n) is 4.92. The predicted molar refractivity (Wildman–Crippen MR) is 71.2 cm³/mol. The number of aliphatic hydroxyl groups is 1. The molecule has 0 saturated heterocycles. The summed E-state index contributed by atoms with van der Waals surface area (Å²) in [5.41, 5.74) is 3.02. The molecule has 2 rings (SSSR count). The Hall–Kier alpha value is -0.860. The molecule has 0 amide bonds. The number of nitrogens with zero attached hydrogens (tertiary/aromatic N) is 1. The second kappa shape index (κ2) is 6.18. The van der Waals surface area contributed by atoms with Crippen LogP contribution >= 0.6 is 0 Å². The maximum absolute atomic E-state index is 9.15. The first-order valence-corrected chi connectivity index (χ1v) is 6.76. The van der Waals surface area contributed by atoms with E-state index in [1.165, 1.54) is 24.0 Å². The van der Waals surface area contributed by atoms with Crippen LogP contribution < -0.4 is 0 Å². The summed E-state index contributed by atoms with van der Waals surface area (Å²) in [4.78, 5) is 2.45. The molecule has 17 heavy (non-hydrogen) atoms. The summed E-state index contributed by atoms with van der Waals surface area (Å²) in [5.74, 6) is 0. The Morgan fingerprint density at radius 2 is 2.00 bits per heavy atom. The molecule has 1 aromatic rings. The number of rotatable bonds is 5. The van der Waals surface area contributed by atoms with Crippen LogP contribution in [0.5, 0.6) is 0 Å². The molecule has 2 heteroatoms. The summed E-state index contributed by atoms with van der Waals surface area (Å²) >= 11 is 0. The number of benzene rings is 1. The lowest BCUT2D eigenvalue weighted by atomic mass is 9.87. The van der Waals surface area contributed by atoms with Gasteiger partial charge in [0.15, 0.2) is 0 Å². The summed E-state index contributed by atoms with van der Waals surface area (Å²) in [6.45, 7) is 4.41. The third kappa shape index (κ3) is 3.08. The summed E-state index contributed by atoms with van der Waals surface area (Å²) in [5, 5.41) is 9.15. The fourth-order valence-electron chi connectivity index (χ4n) is 2.88. The van der Waals surface area contributed by atoms with Gasteiger partial charge in [0, 0.05) is 12.6 Å². The monoisotopic (exact) mass is 233 g/mol. The van der Waals surface area contributed by atoms with Crippen LogP contribution in [0.2, 0.25) is 0 Å². The molecular formula is C15H23NO. The van der Waals surface area contributed by atoms with Gasteiger partial charge in [-0.1, -0.05) is 31.2 Å². The van der Waals surface area contributed by atoms with Crippen molar-refractivity contribution in [2.45, 2.75) is 38.6 Å². The van der Waals surface area contributed by atoms with Crippen LogP contribution in [0.3, 0.4) is 0 Å². The zero-order valence-electron chi connectivity index (χ0n) is 10.7. The van der Waals surface area contributed by atoms with Gasteiger partial charge in [-0.15, -0.1) is 0 Å². The molecule has 2 nitrogen and oxygen atoms in total. The summed E-state index contributed by atoms with van der Waals surface area (Å²) in [6, 6.07) is 9.40. The maximum atomic E-state index is 9.15.